The smallest absolute Gasteiger partial charge is 0.0600 e. The normalized spacial score (nSPS) is 22.7. The second-order valence-electron chi connectivity index (χ2n) is 5.67. The molecule has 2 nitrogen and oxygen atoms in total. The van der Waals surface area contributed by atoms with Gasteiger partial charge in [0.2, 0.25) is 0 Å². The molecule has 0 radical (unpaired) electrons. The highest BCUT2D eigenvalue weighted by Crippen LogP contribution is 2.21. The maximum Gasteiger partial charge on any atom is 0.0600 e. The first-order chi connectivity index (χ1) is 8.77. The largest absolute Gasteiger partial charge is 0.323 e. The Kier molecular flexibility index (Phi) is 5.18. The Balaban J connectivity index is 2.10. The zero-order chi connectivity index (χ0) is 12.8. The van der Waals surface area contributed by atoms with E-state index in [2.05, 4.69) is 18.0 Å². The van der Waals surface area contributed by atoms with Gasteiger partial charge >= 0.3 is 0 Å². The molecule has 2 bridgehead atoms. The summed E-state index contributed by atoms with van der Waals surface area (Å²) in [7, 11) is 0. The van der Waals surface area contributed by atoms with Crippen LogP contribution in [0.4, 0.5) is 0 Å². The summed E-state index contributed by atoms with van der Waals surface area (Å²) in [5.41, 5.74) is 10.0. The molecule has 100 valence electrons. The Hall–Kier alpha value is -0.890. The average Bonchev–Trinajstić information content (AvgIpc) is 2.36. The lowest BCUT2D eigenvalue weighted by Crippen LogP contribution is -2.14. The molecule has 0 amide bonds. The molecule has 0 unspecified atom stereocenters. The van der Waals surface area contributed by atoms with E-state index >= 15 is 0 Å². The fourth-order valence-electron chi connectivity index (χ4n) is 2.88. The molecular formula is C16H26N2. The Morgan fingerprint density at radius 2 is 1.72 bits per heavy atom. The summed E-state index contributed by atoms with van der Waals surface area (Å²) in [6.45, 7) is 2.15. The van der Waals surface area contributed by atoms with Crippen molar-refractivity contribution in [2.24, 2.45) is 5.73 Å². The highest BCUT2D eigenvalue weighted by atomic mass is 14.8. The average molecular weight is 246 g/mol. The molecule has 0 aromatic carbocycles. The number of fused-ring (bicyclic) bond motifs is 11. The Morgan fingerprint density at radius 3 is 2.44 bits per heavy atom. The van der Waals surface area contributed by atoms with E-state index in [9.17, 15) is 0 Å². The van der Waals surface area contributed by atoms with Crippen molar-refractivity contribution in [3.05, 3.63) is 29.1 Å². The Bertz CT molecular complexity index is 373. The molecule has 1 aromatic heterocycles. The standard InChI is InChI=1S/C16H26N2/c1-13-11-14-9-7-5-3-2-4-6-8-10-15(17)16(13)18-12-14/h11-12,15H,2-10,17H2,1H3/t15-/m0/s1. The van der Waals surface area contributed by atoms with Gasteiger partial charge in [-0.15, -0.1) is 0 Å². The quantitative estimate of drug-likeness (QED) is 0.749. The van der Waals surface area contributed by atoms with E-state index < -0.39 is 0 Å². The minimum Gasteiger partial charge on any atom is -0.323 e. The van der Waals surface area contributed by atoms with Crippen LogP contribution < -0.4 is 5.73 Å². The van der Waals surface area contributed by atoms with Crippen LogP contribution in [-0.4, -0.2) is 4.98 Å². The molecule has 1 aliphatic heterocycles. The number of hydrogen-bond acceptors (Lipinski definition) is 2. The molecule has 0 saturated carbocycles. The van der Waals surface area contributed by atoms with Gasteiger partial charge in [0.1, 0.15) is 0 Å². The van der Waals surface area contributed by atoms with E-state index in [1.165, 1.54) is 62.5 Å². The third-order valence-electron chi connectivity index (χ3n) is 4.01. The van der Waals surface area contributed by atoms with E-state index in [0.717, 1.165) is 12.1 Å². The van der Waals surface area contributed by atoms with E-state index in [1.54, 1.807) is 0 Å². The third-order valence-corrected chi connectivity index (χ3v) is 4.01. The van der Waals surface area contributed by atoms with Gasteiger partial charge < -0.3 is 5.73 Å². The van der Waals surface area contributed by atoms with Crippen molar-refractivity contribution < 1.29 is 0 Å². The van der Waals surface area contributed by atoms with E-state index in [1.807, 2.05) is 6.20 Å². The van der Waals surface area contributed by atoms with E-state index in [-0.39, 0.29) is 6.04 Å². The number of nitrogens with two attached hydrogens (primary N) is 1. The van der Waals surface area contributed by atoms with Crippen LogP contribution in [0, 0.1) is 6.92 Å². The molecule has 2 N–H and O–H groups in total. The van der Waals surface area contributed by atoms with Crippen LogP contribution in [0.15, 0.2) is 12.3 Å². The SMILES string of the molecule is Cc1cc2cnc1[C@@H](N)CCCCCCCCC2. The number of pyridine rings is 1. The predicted molar refractivity (Wildman–Crippen MR) is 76.5 cm³/mol. The molecule has 3 rings (SSSR count). The lowest BCUT2D eigenvalue weighted by molar-refractivity contribution is 0.528. The van der Waals surface area contributed by atoms with Gasteiger partial charge in [0.15, 0.2) is 0 Å². The van der Waals surface area contributed by atoms with Crippen LogP contribution in [0.25, 0.3) is 0 Å². The zero-order valence-corrected chi connectivity index (χ0v) is 11.6. The molecule has 0 saturated heterocycles. The van der Waals surface area contributed by atoms with Gasteiger partial charge in [0.25, 0.3) is 0 Å². The van der Waals surface area contributed by atoms with Crippen LogP contribution in [0.1, 0.15) is 74.2 Å². The molecule has 0 spiro atoms. The minimum atomic E-state index is 0.127. The molecule has 2 heterocycles. The number of nitrogens with zero attached hydrogens (tertiary/aromatic N) is 1. The maximum atomic E-state index is 6.25. The fraction of sp³-hybridized carbons (Fsp3) is 0.688. The molecule has 1 atom stereocenters. The van der Waals surface area contributed by atoms with Gasteiger partial charge in [0, 0.05) is 12.2 Å². The Labute approximate surface area is 111 Å². The third kappa shape index (κ3) is 3.81. The van der Waals surface area contributed by atoms with Gasteiger partial charge in [-0.1, -0.05) is 44.6 Å². The van der Waals surface area contributed by atoms with Crippen molar-refractivity contribution in [1.29, 1.82) is 0 Å². The van der Waals surface area contributed by atoms with Crippen LogP contribution in [0.5, 0.6) is 0 Å². The van der Waals surface area contributed by atoms with Crippen molar-refractivity contribution in [2.75, 3.05) is 0 Å². The zero-order valence-electron chi connectivity index (χ0n) is 11.6. The van der Waals surface area contributed by atoms with E-state index in [4.69, 9.17) is 5.73 Å². The van der Waals surface area contributed by atoms with Crippen LogP contribution in [0.2, 0.25) is 0 Å². The molecule has 0 fully saturated rings. The first-order valence-electron chi connectivity index (χ1n) is 7.48. The number of hydrogen-bond donors (Lipinski definition) is 1. The second-order valence-corrected chi connectivity index (χ2v) is 5.67. The predicted octanol–water partition coefficient (Wildman–Crippen LogP) is 4.07. The van der Waals surface area contributed by atoms with Gasteiger partial charge in [-0.05, 0) is 37.3 Å². The second kappa shape index (κ2) is 6.89. The molecule has 18 heavy (non-hydrogen) atoms. The minimum absolute atomic E-state index is 0.127. The lowest BCUT2D eigenvalue weighted by Gasteiger charge is -2.15. The molecule has 2 heteroatoms. The molecular weight excluding hydrogens is 220 g/mol. The number of rotatable bonds is 0. The molecule has 2 aliphatic rings. The van der Waals surface area contributed by atoms with Crippen LogP contribution in [0.3, 0.4) is 0 Å². The van der Waals surface area contributed by atoms with Gasteiger partial charge in [-0.25, -0.2) is 0 Å². The summed E-state index contributed by atoms with van der Waals surface area (Å²) in [4.78, 5) is 4.60. The monoisotopic (exact) mass is 246 g/mol. The van der Waals surface area contributed by atoms with Crippen molar-refractivity contribution in [3.8, 4) is 0 Å². The van der Waals surface area contributed by atoms with Crippen molar-refractivity contribution in [2.45, 2.75) is 70.8 Å². The maximum absolute atomic E-state index is 6.25. The van der Waals surface area contributed by atoms with Gasteiger partial charge in [-0.3, -0.25) is 4.98 Å². The summed E-state index contributed by atoms with van der Waals surface area (Å²) in [5.74, 6) is 0. The summed E-state index contributed by atoms with van der Waals surface area (Å²) in [5, 5.41) is 0. The van der Waals surface area contributed by atoms with E-state index in [0.29, 0.717) is 0 Å². The van der Waals surface area contributed by atoms with Gasteiger partial charge in [-0.2, -0.15) is 0 Å². The van der Waals surface area contributed by atoms with Crippen molar-refractivity contribution >= 4 is 0 Å². The highest BCUT2D eigenvalue weighted by Gasteiger charge is 2.11. The van der Waals surface area contributed by atoms with Gasteiger partial charge in [0.05, 0.1) is 5.69 Å². The van der Waals surface area contributed by atoms with Crippen LogP contribution in [-0.2, 0) is 6.42 Å². The van der Waals surface area contributed by atoms with Crippen molar-refractivity contribution in [3.63, 3.8) is 0 Å². The topological polar surface area (TPSA) is 38.9 Å². The highest BCUT2D eigenvalue weighted by molar-refractivity contribution is 5.26. The number of aromatic nitrogens is 1. The first-order valence-corrected chi connectivity index (χ1v) is 7.48. The summed E-state index contributed by atoms with van der Waals surface area (Å²) in [6.07, 6.45) is 13.7. The fourth-order valence-corrected chi connectivity index (χ4v) is 2.88. The molecule has 1 aromatic rings. The first kappa shape index (κ1) is 13.5. The Morgan fingerprint density at radius 1 is 1.06 bits per heavy atom. The summed E-state index contributed by atoms with van der Waals surface area (Å²) < 4.78 is 0. The van der Waals surface area contributed by atoms with Crippen LogP contribution >= 0.6 is 0 Å². The summed E-state index contributed by atoms with van der Waals surface area (Å²) >= 11 is 0. The lowest BCUT2D eigenvalue weighted by atomic mass is 9.98. The summed E-state index contributed by atoms with van der Waals surface area (Å²) in [6, 6.07) is 2.41. The molecule has 1 aliphatic carbocycles. The van der Waals surface area contributed by atoms with Crippen molar-refractivity contribution in [1.82, 2.24) is 4.98 Å². The number of aryl methyl sites for hydroxylation is 2.